The van der Waals surface area contributed by atoms with Crippen LogP contribution in [0.4, 0.5) is 11.5 Å². The highest BCUT2D eigenvalue weighted by Gasteiger charge is 2.08. The fourth-order valence-electron chi connectivity index (χ4n) is 1.61. The number of tetrazole rings is 1. The Morgan fingerprint density at radius 2 is 1.90 bits per heavy atom. The lowest BCUT2D eigenvalue weighted by Gasteiger charge is -2.08. The van der Waals surface area contributed by atoms with Gasteiger partial charge in [-0.2, -0.15) is 0 Å². The number of rotatable bonds is 3. The van der Waals surface area contributed by atoms with E-state index in [1.54, 1.807) is 24.4 Å². The molecule has 0 aliphatic heterocycles. The van der Waals surface area contributed by atoms with Gasteiger partial charge >= 0.3 is 0 Å². The van der Waals surface area contributed by atoms with Crippen molar-refractivity contribution in [3.05, 3.63) is 46.6 Å². The maximum Gasteiger partial charge on any atom is 0.181 e. The average molecular weight is 307 g/mol. The molecule has 0 saturated carbocycles. The van der Waals surface area contributed by atoms with E-state index in [1.807, 2.05) is 12.1 Å². The Morgan fingerprint density at radius 3 is 2.55 bits per heavy atom. The van der Waals surface area contributed by atoms with E-state index in [9.17, 15) is 0 Å². The van der Waals surface area contributed by atoms with Crippen molar-refractivity contribution >= 4 is 34.7 Å². The number of pyridine rings is 1. The van der Waals surface area contributed by atoms with Crippen LogP contribution in [0.25, 0.3) is 11.4 Å². The number of anilines is 2. The molecule has 0 radical (unpaired) electrons. The number of aromatic amines is 1. The van der Waals surface area contributed by atoms with Gasteiger partial charge in [0.1, 0.15) is 5.82 Å². The second-order valence-corrected chi connectivity index (χ2v) is 4.78. The van der Waals surface area contributed by atoms with E-state index in [-0.39, 0.29) is 0 Å². The molecule has 20 heavy (non-hydrogen) atoms. The number of nitrogens with zero attached hydrogens (tertiary/aromatic N) is 4. The zero-order valence-corrected chi connectivity index (χ0v) is 11.5. The number of hydrogen-bond donors (Lipinski definition) is 2. The third-order valence-electron chi connectivity index (χ3n) is 2.57. The van der Waals surface area contributed by atoms with Crippen molar-refractivity contribution in [3.63, 3.8) is 0 Å². The summed E-state index contributed by atoms with van der Waals surface area (Å²) in [6.45, 7) is 0. The highest BCUT2D eigenvalue weighted by molar-refractivity contribution is 6.33. The van der Waals surface area contributed by atoms with E-state index in [0.717, 1.165) is 5.69 Å². The molecule has 0 amide bonds. The SMILES string of the molecule is Clc1ccc(Nc2ncc(-c3nnn[nH]3)cc2Cl)cc1. The minimum atomic E-state index is 0.467. The largest absolute Gasteiger partial charge is 0.339 e. The van der Waals surface area contributed by atoms with Gasteiger partial charge in [0, 0.05) is 22.5 Å². The quantitative estimate of drug-likeness (QED) is 0.776. The number of nitrogens with one attached hydrogen (secondary N) is 2. The minimum Gasteiger partial charge on any atom is -0.339 e. The van der Waals surface area contributed by atoms with Gasteiger partial charge in [-0.1, -0.05) is 23.2 Å². The van der Waals surface area contributed by atoms with Gasteiger partial charge in [0.15, 0.2) is 5.82 Å². The number of aromatic nitrogens is 5. The van der Waals surface area contributed by atoms with Gasteiger partial charge < -0.3 is 5.32 Å². The predicted molar refractivity (Wildman–Crippen MR) is 77.2 cm³/mol. The summed E-state index contributed by atoms with van der Waals surface area (Å²) >= 11 is 12.0. The summed E-state index contributed by atoms with van der Waals surface area (Å²) in [5.74, 6) is 1.06. The molecular weight excluding hydrogens is 299 g/mol. The molecular formula is C12H8Cl2N6. The van der Waals surface area contributed by atoms with Gasteiger partial charge in [0.05, 0.1) is 5.02 Å². The fraction of sp³-hybridized carbons (Fsp3) is 0. The molecule has 0 saturated heterocycles. The van der Waals surface area contributed by atoms with Gasteiger partial charge in [-0.25, -0.2) is 10.1 Å². The van der Waals surface area contributed by atoms with Gasteiger partial charge in [-0.15, -0.1) is 5.10 Å². The molecule has 0 spiro atoms. The van der Waals surface area contributed by atoms with E-state index < -0.39 is 0 Å². The number of halogens is 2. The summed E-state index contributed by atoms with van der Waals surface area (Å²) in [4.78, 5) is 4.26. The van der Waals surface area contributed by atoms with Crippen LogP contribution in [0.3, 0.4) is 0 Å². The molecule has 0 fully saturated rings. The van der Waals surface area contributed by atoms with E-state index in [2.05, 4.69) is 30.9 Å². The highest BCUT2D eigenvalue weighted by atomic mass is 35.5. The summed E-state index contributed by atoms with van der Waals surface area (Å²) in [5.41, 5.74) is 1.56. The molecule has 6 nitrogen and oxygen atoms in total. The number of H-pyrrole nitrogens is 1. The molecule has 0 bridgehead atoms. The molecule has 2 aromatic heterocycles. The predicted octanol–water partition coefficient (Wildman–Crippen LogP) is 3.31. The van der Waals surface area contributed by atoms with E-state index in [0.29, 0.717) is 27.3 Å². The highest BCUT2D eigenvalue weighted by Crippen LogP contribution is 2.27. The van der Waals surface area contributed by atoms with Gasteiger partial charge in [0.2, 0.25) is 0 Å². The van der Waals surface area contributed by atoms with Crippen molar-refractivity contribution in [1.29, 1.82) is 0 Å². The molecule has 8 heteroatoms. The van der Waals surface area contributed by atoms with Crippen molar-refractivity contribution in [2.24, 2.45) is 0 Å². The van der Waals surface area contributed by atoms with Crippen LogP contribution in [-0.2, 0) is 0 Å². The van der Waals surface area contributed by atoms with Crippen LogP contribution < -0.4 is 5.32 Å². The third kappa shape index (κ3) is 2.71. The van der Waals surface area contributed by atoms with Crippen LogP contribution in [0.1, 0.15) is 0 Å². The van der Waals surface area contributed by atoms with Gasteiger partial charge in [-0.3, -0.25) is 0 Å². The molecule has 3 aromatic rings. The third-order valence-corrected chi connectivity index (χ3v) is 3.11. The Labute approximate surface area is 124 Å². The van der Waals surface area contributed by atoms with Gasteiger partial charge in [0.25, 0.3) is 0 Å². The molecule has 0 atom stereocenters. The second-order valence-electron chi connectivity index (χ2n) is 3.94. The van der Waals surface area contributed by atoms with Crippen LogP contribution in [0.15, 0.2) is 36.5 Å². The maximum atomic E-state index is 6.19. The molecule has 0 unspecified atom stereocenters. The molecule has 2 N–H and O–H groups in total. The smallest absolute Gasteiger partial charge is 0.181 e. The average Bonchev–Trinajstić information content (AvgIpc) is 2.97. The maximum absolute atomic E-state index is 6.19. The van der Waals surface area contributed by atoms with Crippen molar-refractivity contribution in [2.75, 3.05) is 5.32 Å². The van der Waals surface area contributed by atoms with E-state index in [4.69, 9.17) is 23.2 Å². The lowest BCUT2D eigenvalue weighted by atomic mass is 10.2. The first-order valence-corrected chi connectivity index (χ1v) is 6.40. The number of hydrogen-bond acceptors (Lipinski definition) is 5. The normalized spacial score (nSPS) is 10.5. The van der Waals surface area contributed by atoms with E-state index in [1.165, 1.54) is 0 Å². The summed E-state index contributed by atoms with van der Waals surface area (Å²) in [6, 6.07) is 8.98. The first-order valence-electron chi connectivity index (χ1n) is 5.64. The lowest BCUT2D eigenvalue weighted by molar-refractivity contribution is 0.881. The van der Waals surface area contributed by atoms with Crippen molar-refractivity contribution in [1.82, 2.24) is 25.6 Å². The summed E-state index contributed by atoms with van der Waals surface area (Å²) in [6.07, 6.45) is 1.63. The Kier molecular flexibility index (Phi) is 3.49. The monoisotopic (exact) mass is 306 g/mol. The van der Waals surface area contributed by atoms with Crippen LogP contribution >= 0.6 is 23.2 Å². The summed E-state index contributed by atoms with van der Waals surface area (Å²) in [7, 11) is 0. The fourth-order valence-corrected chi connectivity index (χ4v) is 1.95. The molecule has 0 aliphatic rings. The first-order chi connectivity index (χ1) is 9.72. The van der Waals surface area contributed by atoms with Crippen LogP contribution in [0, 0.1) is 0 Å². The molecule has 100 valence electrons. The van der Waals surface area contributed by atoms with E-state index >= 15 is 0 Å². The molecule has 0 aliphatic carbocycles. The standard InChI is InChI=1S/C12H8Cl2N6/c13-8-1-3-9(4-2-8)16-12-10(14)5-7(6-15-12)11-17-19-20-18-11/h1-6H,(H,15,16)(H,17,18,19,20). The molecule has 2 heterocycles. The van der Waals surface area contributed by atoms with Crippen molar-refractivity contribution in [3.8, 4) is 11.4 Å². The topological polar surface area (TPSA) is 79.4 Å². The van der Waals surface area contributed by atoms with Crippen molar-refractivity contribution in [2.45, 2.75) is 0 Å². The zero-order chi connectivity index (χ0) is 13.9. The minimum absolute atomic E-state index is 0.467. The van der Waals surface area contributed by atoms with Crippen molar-refractivity contribution < 1.29 is 0 Å². The van der Waals surface area contributed by atoms with Crippen LogP contribution in [-0.4, -0.2) is 25.6 Å². The molecule has 3 rings (SSSR count). The second kappa shape index (κ2) is 5.44. The molecule has 1 aromatic carbocycles. The summed E-state index contributed by atoms with van der Waals surface area (Å²) < 4.78 is 0. The zero-order valence-electron chi connectivity index (χ0n) is 10.0. The lowest BCUT2D eigenvalue weighted by Crippen LogP contribution is -1.95. The first kappa shape index (κ1) is 12.8. The Morgan fingerprint density at radius 1 is 1.10 bits per heavy atom. The van der Waals surface area contributed by atoms with Gasteiger partial charge in [-0.05, 0) is 40.8 Å². The Hall–Kier alpha value is -2.18. The summed E-state index contributed by atoms with van der Waals surface area (Å²) in [5, 5.41) is 17.7. The Balaban J connectivity index is 1.86. The Bertz CT molecular complexity index is 711. The number of benzene rings is 1. The van der Waals surface area contributed by atoms with Crippen LogP contribution in [0.5, 0.6) is 0 Å². The van der Waals surface area contributed by atoms with Crippen LogP contribution in [0.2, 0.25) is 10.0 Å².